The summed E-state index contributed by atoms with van der Waals surface area (Å²) in [5.74, 6) is -0.769. The van der Waals surface area contributed by atoms with E-state index in [1.165, 1.54) is 11.8 Å². The van der Waals surface area contributed by atoms with E-state index in [-0.39, 0.29) is 23.8 Å². The van der Waals surface area contributed by atoms with Crippen molar-refractivity contribution < 1.29 is 13.9 Å². The lowest BCUT2D eigenvalue weighted by atomic mass is 9.92. The van der Waals surface area contributed by atoms with Crippen molar-refractivity contribution in [2.75, 3.05) is 49.7 Å². The standard InChI is InChI=1S/C30H35FN6O2/c1-19(2)28(27-25(31)4-3-11-33-27)37-29(24-16-21(30(32)38)7-10-26(24)34-37)20-5-8-22(9-6-20)36-17-23(18-36)35-12-14-39-15-13-35/h3-11,16,19,23,28-29,34H,12-15,17-18H2,1-2H3,(H2,32,38). The average Bonchev–Trinajstić information content (AvgIpc) is 3.28. The van der Waals surface area contributed by atoms with Gasteiger partial charge in [0.2, 0.25) is 5.91 Å². The van der Waals surface area contributed by atoms with Crippen LogP contribution in [0.15, 0.2) is 60.8 Å². The number of amides is 1. The molecule has 0 spiro atoms. The summed E-state index contributed by atoms with van der Waals surface area (Å²) in [5, 5.41) is 2.07. The van der Waals surface area contributed by atoms with Gasteiger partial charge in [-0.2, -0.15) is 0 Å². The van der Waals surface area contributed by atoms with Gasteiger partial charge in [-0.15, -0.1) is 0 Å². The van der Waals surface area contributed by atoms with E-state index in [0.29, 0.717) is 17.3 Å². The number of morpholine rings is 1. The second kappa shape index (κ2) is 10.6. The average molecular weight is 531 g/mol. The van der Waals surface area contributed by atoms with E-state index in [1.54, 1.807) is 18.3 Å². The number of carbonyl (C=O) groups excluding carboxylic acids is 1. The molecule has 3 N–H and O–H groups in total. The number of hydrogen-bond donors (Lipinski definition) is 2. The Morgan fingerprint density at radius 3 is 2.51 bits per heavy atom. The molecule has 2 aromatic carbocycles. The van der Waals surface area contributed by atoms with Crippen LogP contribution in [0.2, 0.25) is 0 Å². The highest BCUT2D eigenvalue weighted by Crippen LogP contribution is 2.46. The highest BCUT2D eigenvalue weighted by atomic mass is 19.1. The maximum absolute atomic E-state index is 15.0. The van der Waals surface area contributed by atoms with Crippen LogP contribution in [0.1, 0.15) is 53.1 Å². The summed E-state index contributed by atoms with van der Waals surface area (Å²) in [5.41, 5.74) is 14.0. The van der Waals surface area contributed by atoms with Crippen molar-refractivity contribution in [1.29, 1.82) is 0 Å². The van der Waals surface area contributed by atoms with Crippen molar-refractivity contribution in [3.8, 4) is 0 Å². The van der Waals surface area contributed by atoms with E-state index in [9.17, 15) is 4.79 Å². The summed E-state index contributed by atoms with van der Waals surface area (Å²) in [6, 6.07) is 17.0. The second-order valence-electron chi connectivity index (χ2n) is 10.9. The summed E-state index contributed by atoms with van der Waals surface area (Å²) in [6.45, 7) is 9.78. The molecule has 3 aliphatic rings. The fourth-order valence-electron chi connectivity index (χ4n) is 6.06. The Balaban J connectivity index is 1.31. The molecule has 2 fully saturated rings. The Kier molecular flexibility index (Phi) is 6.97. The number of ether oxygens (including phenoxy) is 1. The number of carbonyl (C=O) groups is 1. The molecule has 0 radical (unpaired) electrons. The van der Waals surface area contributed by atoms with E-state index in [1.807, 2.05) is 12.1 Å². The van der Waals surface area contributed by atoms with E-state index >= 15 is 4.39 Å². The highest BCUT2D eigenvalue weighted by molar-refractivity contribution is 5.93. The Bertz CT molecular complexity index is 1340. The van der Waals surface area contributed by atoms with Gasteiger partial charge in [0, 0.05) is 55.2 Å². The molecule has 9 heteroatoms. The molecule has 1 amide bonds. The highest BCUT2D eigenvalue weighted by Gasteiger charge is 2.40. The number of nitrogens with one attached hydrogen (secondary N) is 1. The lowest BCUT2D eigenvalue weighted by Gasteiger charge is -2.47. The Hall–Kier alpha value is -3.53. The minimum Gasteiger partial charge on any atom is -0.379 e. The number of hydrogen-bond acceptors (Lipinski definition) is 7. The van der Waals surface area contributed by atoms with Crippen molar-refractivity contribution in [1.82, 2.24) is 14.9 Å². The fraction of sp³-hybridized carbons (Fsp3) is 0.400. The molecular formula is C30H35FN6O2. The van der Waals surface area contributed by atoms with Crippen LogP contribution in [0.5, 0.6) is 0 Å². The third-order valence-electron chi connectivity index (χ3n) is 8.15. The van der Waals surface area contributed by atoms with Crippen LogP contribution in [0.3, 0.4) is 0 Å². The fourth-order valence-corrected chi connectivity index (χ4v) is 6.06. The molecule has 204 valence electrons. The molecular weight excluding hydrogens is 495 g/mol. The van der Waals surface area contributed by atoms with Crippen LogP contribution in [0.4, 0.5) is 15.8 Å². The van der Waals surface area contributed by atoms with E-state index in [2.05, 4.69) is 63.3 Å². The van der Waals surface area contributed by atoms with Crippen molar-refractivity contribution in [3.63, 3.8) is 0 Å². The van der Waals surface area contributed by atoms with Gasteiger partial charge >= 0.3 is 0 Å². The predicted octanol–water partition coefficient (Wildman–Crippen LogP) is 3.97. The normalized spacial score (nSPS) is 20.9. The summed E-state index contributed by atoms with van der Waals surface area (Å²) in [7, 11) is 0. The molecule has 0 bridgehead atoms. The lowest BCUT2D eigenvalue weighted by Crippen LogP contribution is -2.61. The first-order valence-electron chi connectivity index (χ1n) is 13.7. The maximum atomic E-state index is 15.0. The summed E-state index contributed by atoms with van der Waals surface area (Å²) >= 11 is 0. The van der Waals surface area contributed by atoms with Gasteiger partial charge in [-0.25, -0.2) is 9.40 Å². The Morgan fingerprint density at radius 1 is 1.10 bits per heavy atom. The van der Waals surface area contributed by atoms with Gasteiger partial charge in [0.05, 0.1) is 36.7 Å². The van der Waals surface area contributed by atoms with E-state index < -0.39 is 5.91 Å². The zero-order valence-electron chi connectivity index (χ0n) is 22.4. The number of primary amides is 1. The molecule has 8 nitrogen and oxygen atoms in total. The zero-order chi connectivity index (χ0) is 27.1. The summed E-state index contributed by atoms with van der Waals surface area (Å²) < 4.78 is 20.5. The molecule has 0 saturated carbocycles. The van der Waals surface area contributed by atoms with Gasteiger partial charge in [0.15, 0.2) is 0 Å². The quantitative estimate of drug-likeness (QED) is 0.478. The molecule has 3 aliphatic heterocycles. The van der Waals surface area contributed by atoms with E-state index in [0.717, 1.165) is 56.2 Å². The van der Waals surface area contributed by atoms with Crippen LogP contribution in [-0.4, -0.2) is 66.2 Å². The Morgan fingerprint density at radius 2 is 1.85 bits per heavy atom. The molecule has 6 rings (SSSR count). The minimum atomic E-state index is -0.478. The molecule has 2 atom stereocenters. The molecule has 2 unspecified atom stereocenters. The molecule has 39 heavy (non-hydrogen) atoms. The van der Waals surface area contributed by atoms with Crippen LogP contribution in [0, 0.1) is 11.7 Å². The molecule has 4 heterocycles. The van der Waals surface area contributed by atoms with Crippen molar-refractivity contribution in [2.24, 2.45) is 11.7 Å². The third kappa shape index (κ3) is 4.86. The van der Waals surface area contributed by atoms with Gasteiger partial charge < -0.3 is 20.8 Å². The maximum Gasteiger partial charge on any atom is 0.248 e. The van der Waals surface area contributed by atoms with Gasteiger partial charge in [-0.1, -0.05) is 26.0 Å². The first-order valence-corrected chi connectivity index (χ1v) is 13.7. The molecule has 1 aromatic heterocycles. The van der Waals surface area contributed by atoms with Gasteiger partial charge in [-0.05, 0) is 53.9 Å². The first-order chi connectivity index (χ1) is 18.9. The number of nitrogens with two attached hydrogens (primary N) is 1. The van der Waals surface area contributed by atoms with Gasteiger partial charge in [-0.3, -0.25) is 14.7 Å². The van der Waals surface area contributed by atoms with Gasteiger partial charge in [0.1, 0.15) is 5.82 Å². The largest absolute Gasteiger partial charge is 0.379 e. The smallest absolute Gasteiger partial charge is 0.248 e. The zero-order valence-corrected chi connectivity index (χ0v) is 22.4. The third-order valence-corrected chi connectivity index (χ3v) is 8.15. The van der Waals surface area contributed by atoms with Crippen molar-refractivity contribution in [3.05, 3.63) is 89.0 Å². The number of fused-ring (bicyclic) bond motifs is 1. The monoisotopic (exact) mass is 530 g/mol. The summed E-state index contributed by atoms with van der Waals surface area (Å²) in [4.78, 5) is 21.4. The predicted molar refractivity (Wildman–Crippen MR) is 149 cm³/mol. The number of hydrazine groups is 1. The van der Waals surface area contributed by atoms with Crippen LogP contribution in [0.25, 0.3) is 0 Å². The summed E-state index contributed by atoms with van der Waals surface area (Å²) in [6.07, 6.45) is 1.63. The molecule has 2 saturated heterocycles. The number of nitrogens with zero attached hydrogens (tertiary/aromatic N) is 4. The lowest BCUT2D eigenvalue weighted by molar-refractivity contribution is 0.0105. The second-order valence-corrected chi connectivity index (χ2v) is 10.9. The molecule has 0 aliphatic carbocycles. The minimum absolute atomic E-state index is 0.0480. The Labute approximate surface area is 228 Å². The number of benzene rings is 2. The van der Waals surface area contributed by atoms with Crippen LogP contribution < -0.4 is 16.1 Å². The SMILES string of the molecule is CC(C)C(c1ncccc1F)N1Nc2ccc(C(N)=O)cc2C1c1ccc(N2CC(N3CCOCC3)C2)cc1. The first kappa shape index (κ1) is 25.7. The van der Waals surface area contributed by atoms with Crippen LogP contribution in [-0.2, 0) is 4.74 Å². The van der Waals surface area contributed by atoms with Crippen molar-refractivity contribution >= 4 is 17.3 Å². The van der Waals surface area contributed by atoms with Crippen LogP contribution >= 0.6 is 0 Å². The number of aromatic nitrogens is 1. The van der Waals surface area contributed by atoms with E-state index in [4.69, 9.17) is 10.5 Å². The van der Waals surface area contributed by atoms with Gasteiger partial charge in [0.25, 0.3) is 0 Å². The van der Waals surface area contributed by atoms with Crippen molar-refractivity contribution in [2.45, 2.75) is 32.0 Å². The topological polar surface area (TPSA) is 87.0 Å². The molecule has 3 aromatic rings. The number of halogens is 1. The number of anilines is 2. The number of pyridine rings is 1. The number of rotatable bonds is 7.